The molecule has 0 saturated heterocycles. The van der Waals surface area contributed by atoms with Gasteiger partial charge in [-0.25, -0.2) is 0 Å². The van der Waals surface area contributed by atoms with Crippen LogP contribution >= 0.6 is 39.1 Å². The van der Waals surface area contributed by atoms with Crippen LogP contribution in [-0.4, -0.2) is 0 Å². The minimum atomic E-state index is -0.0277. The van der Waals surface area contributed by atoms with E-state index in [2.05, 4.69) is 15.9 Å². The minimum absolute atomic E-state index is 0.0277. The molecular formula is C14H12BrCl2NO. The summed E-state index contributed by atoms with van der Waals surface area (Å²) in [6.45, 7) is 1.93. The maximum absolute atomic E-state index is 6.08. The summed E-state index contributed by atoms with van der Waals surface area (Å²) in [5.74, 6) is 1.18. The molecule has 0 aromatic heterocycles. The molecule has 0 amide bonds. The molecule has 100 valence electrons. The van der Waals surface area contributed by atoms with Gasteiger partial charge in [-0.15, -0.1) is 0 Å². The van der Waals surface area contributed by atoms with Gasteiger partial charge in [0.2, 0.25) is 0 Å². The molecular weight excluding hydrogens is 349 g/mol. The predicted octanol–water partition coefficient (Wildman–Crippen LogP) is 5.57. The van der Waals surface area contributed by atoms with Gasteiger partial charge >= 0.3 is 0 Å². The second kappa shape index (κ2) is 6.14. The van der Waals surface area contributed by atoms with Crippen LogP contribution in [0.15, 0.2) is 40.9 Å². The van der Waals surface area contributed by atoms with Crippen LogP contribution in [0.25, 0.3) is 0 Å². The summed E-state index contributed by atoms with van der Waals surface area (Å²) in [5, 5.41) is 0.856. The van der Waals surface area contributed by atoms with Crippen molar-refractivity contribution in [3.63, 3.8) is 0 Å². The lowest BCUT2D eigenvalue weighted by molar-refractivity contribution is 0.479. The molecule has 0 bridgehead atoms. The van der Waals surface area contributed by atoms with Crippen LogP contribution in [0.5, 0.6) is 11.5 Å². The fourth-order valence-corrected chi connectivity index (χ4v) is 2.37. The smallest absolute Gasteiger partial charge is 0.147 e. The van der Waals surface area contributed by atoms with Gasteiger partial charge in [-0.3, -0.25) is 0 Å². The second-order valence-corrected chi connectivity index (χ2v) is 5.77. The van der Waals surface area contributed by atoms with Crippen molar-refractivity contribution in [1.29, 1.82) is 0 Å². The molecule has 19 heavy (non-hydrogen) atoms. The third-order valence-corrected chi connectivity index (χ3v) is 4.04. The molecule has 0 fully saturated rings. The van der Waals surface area contributed by atoms with Crippen LogP contribution in [0.4, 0.5) is 0 Å². The standard InChI is InChI=1S/C14H12BrCl2NO/c1-8(18)9-5-6-12(10(15)7-9)19-13-4-2-3-11(16)14(13)17/h2-8H,18H2,1H3/t8-/m1/s1. The maximum Gasteiger partial charge on any atom is 0.147 e. The van der Waals surface area contributed by atoms with Crippen LogP contribution in [0.1, 0.15) is 18.5 Å². The first-order valence-corrected chi connectivity index (χ1v) is 7.21. The predicted molar refractivity (Wildman–Crippen MR) is 83.3 cm³/mol. The highest BCUT2D eigenvalue weighted by Gasteiger charge is 2.10. The Morgan fingerprint density at radius 1 is 1.16 bits per heavy atom. The van der Waals surface area contributed by atoms with E-state index < -0.39 is 0 Å². The fraction of sp³-hybridized carbons (Fsp3) is 0.143. The van der Waals surface area contributed by atoms with Crippen molar-refractivity contribution in [1.82, 2.24) is 0 Å². The lowest BCUT2D eigenvalue weighted by Crippen LogP contribution is -2.04. The average Bonchev–Trinajstić information content (AvgIpc) is 2.37. The molecule has 0 saturated carbocycles. The quantitative estimate of drug-likeness (QED) is 0.776. The normalized spacial score (nSPS) is 12.3. The topological polar surface area (TPSA) is 35.2 Å². The molecule has 2 N–H and O–H groups in total. The Morgan fingerprint density at radius 3 is 2.53 bits per heavy atom. The van der Waals surface area contributed by atoms with Crippen molar-refractivity contribution in [2.75, 3.05) is 0 Å². The Morgan fingerprint density at radius 2 is 1.89 bits per heavy atom. The van der Waals surface area contributed by atoms with E-state index in [1.807, 2.05) is 25.1 Å². The third-order valence-electron chi connectivity index (χ3n) is 2.62. The molecule has 2 aromatic carbocycles. The Labute approximate surface area is 130 Å². The van der Waals surface area contributed by atoms with Gasteiger partial charge in [0, 0.05) is 6.04 Å². The number of hydrogen-bond acceptors (Lipinski definition) is 2. The summed E-state index contributed by atoms with van der Waals surface area (Å²) < 4.78 is 6.57. The zero-order valence-electron chi connectivity index (χ0n) is 10.2. The monoisotopic (exact) mass is 359 g/mol. The highest BCUT2D eigenvalue weighted by Crippen LogP contribution is 2.37. The lowest BCUT2D eigenvalue weighted by atomic mass is 10.1. The lowest BCUT2D eigenvalue weighted by Gasteiger charge is -2.12. The summed E-state index contributed by atoms with van der Waals surface area (Å²) >= 11 is 15.5. The fourth-order valence-electron chi connectivity index (χ4n) is 1.56. The number of hydrogen-bond donors (Lipinski definition) is 1. The van der Waals surface area contributed by atoms with Gasteiger partial charge in [-0.05, 0) is 52.7 Å². The molecule has 0 aliphatic carbocycles. The molecule has 2 rings (SSSR count). The van der Waals surface area contributed by atoms with Crippen LogP contribution in [0.3, 0.4) is 0 Å². The van der Waals surface area contributed by atoms with Gasteiger partial charge in [0.15, 0.2) is 0 Å². The number of ether oxygens (including phenoxy) is 1. The van der Waals surface area contributed by atoms with Crippen LogP contribution in [-0.2, 0) is 0 Å². The van der Waals surface area contributed by atoms with Gasteiger partial charge in [-0.2, -0.15) is 0 Å². The Balaban J connectivity index is 2.31. The number of benzene rings is 2. The molecule has 5 heteroatoms. The second-order valence-electron chi connectivity index (χ2n) is 4.13. The van der Waals surface area contributed by atoms with Gasteiger partial charge in [0.1, 0.15) is 16.5 Å². The first-order valence-electron chi connectivity index (χ1n) is 5.66. The van der Waals surface area contributed by atoms with Crippen molar-refractivity contribution < 1.29 is 4.74 Å². The summed E-state index contributed by atoms with van der Waals surface area (Å²) in [4.78, 5) is 0. The zero-order valence-corrected chi connectivity index (χ0v) is 13.3. The summed E-state index contributed by atoms with van der Waals surface area (Å²) in [5.41, 5.74) is 6.85. The van der Waals surface area contributed by atoms with Gasteiger partial charge in [0.25, 0.3) is 0 Å². The number of nitrogens with two attached hydrogens (primary N) is 1. The summed E-state index contributed by atoms with van der Waals surface area (Å²) in [6, 6.07) is 10.9. The first kappa shape index (κ1) is 14.7. The highest BCUT2D eigenvalue weighted by molar-refractivity contribution is 9.10. The summed E-state index contributed by atoms with van der Waals surface area (Å²) in [7, 11) is 0. The molecule has 0 aliphatic rings. The van der Waals surface area contributed by atoms with E-state index >= 15 is 0 Å². The number of halogens is 3. The van der Waals surface area contributed by atoms with E-state index in [1.54, 1.807) is 18.2 Å². The van der Waals surface area contributed by atoms with Crippen molar-refractivity contribution in [2.24, 2.45) is 5.73 Å². The van der Waals surface area contributed by atoms with Gasteiger partial charge in [-0.1, -0.05) is 35.3 Å². The minimum Gasteiger partial charge on any atom is -0.455 e. The van der Waals surface area contributed by atoms with Crippen LogP contribution in [0.2, 0.25) is 10.0 Å². The van der Waals surface area contributed by atoms with E-state index in [-0.39, 0.29) is 6.04 Å². The molecule has 0 spiro atoms. The first-order chi connectivity index (χ1) is 8.99. The van der Waals surface area contributed by atoms with Crippen molar-refractivity contribution in [3.8, 4) is 11.5 Å². The SMILES string of the molecule is C[C@@H](N)c1ccc(Oc2cccc(Cl)c2Cl)c(Br)c1. The molecule has 0 heterocycles. The largest absolute Gasteiger partial charge is 0.455 e. The Bertz CT molecular complexity index is 602. The van der Waals surface area contributed by atoms with Gasteiger partial charge in [0.05, 0.1) is 9.50 Å². The van der Waals surface area contributed by atoms with E-state index in [9.17, 15) is 0 Å². The van der Waals surface area contributed by atoms with E-state index in [4.69, 9.17) is 33.7 Å². The van der Waals surface area contributed by atoms with Crippen LogP contribution in [0, 0.1) is 0 Å². The van der Waals surface area contributed by atoms with E-state index in [1.165, 1.54) is 0 Å². The molecule has 0 aliphatic heterocycles. The molecule has 1 atom stereocenters. The maximum atomic E-state index is 6.08. The van der Waals surface area contributed by atoms with E-state index in [0.29, 0.717) is 21.5 Å². The highest BCUT2D eigenvalue weighted by atomic mass is 79.9. The average molecular weight is 361 g/mol. The third kappa shape index (κ3) is 3.42. The van der Waals surface area contributed by atoms with Crippen LogP contribution < -0.4 is 10.5 Å². The molecule has 0 radical (unpaired) electrons. The van der Waals surface area contributed by atoms with Crippen molar-refractivity contribution >= 4 is 39.1 Å². The van der Waals surface area contributed by atoms with Crippen molar-refractivity contribution in [2.45, 2.75) is 13.0 Å². The van der Waals surface area contributed by atoms with Gasteiger partial charge < -0.3 is 10.5 Å². The van der Waals surface area contributed by atoms with E-state index in [0.717, 1.165) is 10.0 Å². The Hall–Kier alpha value is -0.740. The molecule has 0 unspecified atom stereocenters. The number of rotatable bonds is 3. The Kier molecular flexibility index (Phi) is 4.74. The molecule has 2 aromatic rings. The summed E-state index contributed by atoms with van der Waals surface area (Å²) in [6.07, 6.45) is 0. The van der Waals surface area contributed by atoms with Crippen molar-refractivity contribution in [3.05, 3.63) is 56.5 Å². The zero-order chi connectivity index (χ0) is 14.0. The molecule has 2 nitrogen and oxygen atoms in total.